The Morgan fingerprint density at radius 3 is 2.71 bits per heavy atom. The molecule has 7 nitrogen and oxygen atoms in total. The SMILES string of the molecule is Cc1cc(C)nc(N[C@@H]2C[C@H]3CO[C@@H](CC(=O)N(C)C)CN3C2)n1. The second-order valence-electron chi connectivity index (χ2n) is 7.11. The fourth-order valence-corrected chi connectivity index (χ4v) is 3.52. The molecule has 1 aromatic rings. The summed E-state index contributed by atoms with van der Waals surface area (Å²) in [5.74, 6) is 0.827. The average molecular weight is 333 g/mol. The maximum atomic E-state index is 11.9. The molecule has 3 rings (SSSR count). The molecule has 3 atom stereocenters. The van der Waals surface area contributed by atoms with Crippen LogP contribution in [-0.2, 0) is 9.53 Å². The molecule has 0 spiro atoms. The standard InChI is InChI=1S/C17H27N5O2/c1-11-5-12(2)19-17(18-11)20-13-6-14-10-24-15(9-22(14)8-13)7-16(23)21(3)4/h5,13-15H,6-10H2,1-4H3,(H,18,19,20)/t13-,14+,15+/m1/s1. The molecular weight excluding hydrogens is 306 g/mol. The Morgan fingerprint density at radius 2 is 2.04 bits per heavy atom. The number of aryl methyl sites for hydroxylation is 2. The number of ether oxygens (including phenoxy) is 1. The number of amides is 1. The van der Waals surface area contributed by atoms with Gasteiger partial charge in [0.1, 0.15) is 0 Å². The van der Waals surface area contributed by atoms with Crippen molar-refractivity contribution in [2.75, 3.05) is 39.1 Å². The van der Waals surface area contributed by atoms with E-state index < -0.39 is 0 Å². The number of nitrogens with one attached hydrogen (secondary N) is 1. The summed E-state index contributed by atoms with van der Waals surface area (Å²) in [6, 6.07) is 2.71. The molecule has 24 heavy (non-hydrogen) atoms. The summed E-state index contributed by atoms with van der Waals surface area (Å²) in [6.07, 6.45) is 1.46. The smallest absolute Gasteiger partial charge is 0.224 e. The highest BCUT2D eigenvalue weighted by Gasteiger charge is 2.38. The molecule has 2 saturated heterocycles. The summed E-state index contributed by atoms with van der Waals surface area (Å²) in [5, 5.41) is 3.46. The third kappa shape index (κ3) is 4.02. The van der Waals surface area contributed by atoms with Crippen molar-refractivity contribution in [3.63, 3.8) is 0 Å². The number of morpholine rings is 1. The molecule has 0 aliphatic carbocycles. The van der Waals surface area contributed by atoms with Crippen LogP contribution in [0.2, 0.25) is 0 Å². The summed E-state index contributed by atoms with van der Waals surface area (Å²) >= 11 is 0. The monoisotopic (exact) mass is 333 g/mol. The Hall–Kier alpha value is -1.73. The quantitative estimate of drug-likeness (QED) is 0.880. The average Bonchev–Trinajstić information content (AvgIpc) is 2.87. The largest absolute Gasteiger partial charge is 0.375 e. The van der Waals surface area contributed by atoms with Crippen LogP contribution in [0.4, 0.5) is 5.95 Å². The molecule has 2 aliphatic heterocycles. The van der Waals surface area contributed by atoms with Crippen LogP contribution in [0, 0.1) is 13.8 Å². The first-order chi connectivity index (χ1) is 11.4. The van der Waals surface area contributed by atoms with Gasteiger partial charge in [-0.3, -0.25) is 9.69 Å². The molecule has 1 N–H and O–H groups in total. The first kappa shape index (κ1) is 17.1. The van der Waals surface area contributed by atoms with Crippen molar-refractivity contribution in [3.05, 3.63) is 17.5 Å². The van der Waals surface area contributed by atoms with Crippen LogP contribution in [-0.4, -0.2) is 77.7 Å². The highest BCUT2D eigenvalue weighted by Crippen LogP contribution is 2.26. The molecule has 1 amide bonds. The van der Waals surface area contributed by atoms with Crippen molar-refractivity contribution < 1.29 is 9.53 Å². The number of rotatable bonds is 4. The molecule has 0 radical (unpaired) electrons. The molecule has 0 unspecified atom stereocenters. The first-order valence-electron chi connectivity index (χ1n) is 8.55. The Bertz CT molecular complexity index is 586. The van der Waals surface area contributed by atoms with E-state index in [1.807, 2.05) is 19.9 Å². The minimum atomic E-state index is -0.00707. The second kappa shape index (κ2) is 7.03. The maximum absolute atomic E-state index is 11.9. The van der Waals surface area contributed by atoms with Crippen LogP contribution in [0.3, 0.4) is 0 Å². The summed E-state index contributed by atoms with van der Waals surface area (Å²) in [6.45, 7) is 6.42. The molecule has 1 aromatic heterocycles. The molecule has 0 saturated carbocycles. The summed E-state index contributed by atoms with van der Waals surface area (Å²) < 4.78 is 5.90. The lowest BCUT2D eigenvalue weighted by Crippen LogP contribution is -2.47. The highest BCUT2D eigenvalue weighted by atomic mass is 16.5. The third-order valence-corrected chi connectivity index (χ3v) is 4.71. The van der Waals surface area contributed by atoms with Crippen molar-refractivity contribution in [2.24, 2.45) is 0 Å². The fourth-order valence-electron chi connectivity index (χ4n) is 3.52. The number of fused-ring (bicyclic) bond motifs is 1. The number of hydrogen-bond acceptors (Lipinski definition) is 6. The molecule has 2 fully saturated rings. The van der Waals surface area contributed by atoms with Gasteiger partial charge in [0.05, 0.1) is 19.1 Å². The number of nitrogens with zero attached hydrogens (tertiary/aromatic N) is 4. The van der Waals surface area contributed by atoms with Crippen LogP contribution in [0.15, 0.2) is 6.07 Å². The zero-order valence-corrected chi connectivity index (χ0v) is 15.0. The van der Waals surface area contributed by atoms with Gasteiger partial charge in [0.2, 0.25) is 11.9 Å². The van der Waals surface area contributed by atoms with E-state index in [0.29, 0.717) is 31.1 Å². The van der Waals surface area contributed by atoms with Gasteiger partial charge in [-0.05, 0) is 26.3 Å². The minimum Gasteiger partial charge on any atom is -0.375 e. The molecule has 3 heterocycles. The van der Waals surface area contributed by atoms with Gasteiger partial charge in [0.25, 0.3) is 0 Å². The van der Waals surface area contributed by atoms with Gasteiger partial charge in [0, 0.05) is 50.7 Å². The molecule has 7 heteroatoms. The summed E-state index contributed by atoms with van der Waals surface area (Å²) in [7, 11) is 3.57. The number of aromatic nitrogens is 2. The van der Waals surface area contributed by atoms with Gasteiger partial charge in [-0.25, -0.2) is 9.97 Å². The van der Waals surface area contributed by atoms with Crippen molar-refractivity contribution >= 4 is 11.9 Å². The summed E-state index contributed by atoms with van der Waals surface area (Å²) in [5.41, 5.74) is 1.96. The Labute approximate surface area is 143 Å². The van der Waals surface area contributed by atoms with Crippen LogP contribution >= 0.6 is 0 Å². The second-order valence-corrected chi connectivity index (χ2v) is 7.11. The van der Waals surface area contributed by atoms with E-state index in [9.17, 15) is 4.79 Å². The fraction of sp³-hybridized carbons (Fsp3) is 0.706. The lowest BCUT2D eigenvalue weighted by atomic mass is 10.1. The normalized spacial score (nSPS) is 26.9. The number of carbonyl (C=O) groups is 1. The van der Waals surface area contributed by atoms with Crippen molar-refractivity contribution in [2.45, 2.75) is 44.9 Å². The van der Waals surface area contributed by atoms with Crippen LogP contribution in [0.1, 0.15) is 24.2 Å². The third-order valence-electron chi connectivity index (χ3n) is 4.71. The molecule has 0 aromatic carbocycles. The number of hydrogen-bond donors (Lipinski definition) is 1. The first-order valence-corrected chi connectivity index (χ1v) is 8.55. The highest BCUT2D eigenvalue weighted by molar-refractivity contribution is 5.76. The number of anilines is 1. The van der Waals surface area contributed by atoms with Crippen LogP contribution < -0.4 is 5.32 Å². The van der Waals surface area contributed by atoms with Crippen LogP contribution in [0.5, 0.6) is 0 Å². The Morgan fingerprint density at radius 1 is 1.33 bits per heavy atom. The van der Waals surface area contributed by atoms with E-state index in [1.165, 1.54) is 0 Å². The van der Waals surface area contributed by atoms with Crippen molar-refractivity contribution in [3.8, 4) is 0 Å². The molecular formula is C17H27N5O2. The Kier molecular flexibility index (Phi) is 5.01. The van der Waals surface area contributed by atoms with E-state index in [2.05, 4.69) is 20.2 Å². The van der Waals surface area contributed by atoms with Gasteiger partial charge >= 0.3 is 0 Å². The topological polar surface area (TPSA) is 70.6 Å². The van der Waals surface area contributed by atoms with Gasteiger partial charge in [-0.15, -0.1) is 0 Å². The van der Waals surface area contributed by atoms with E-state index in [4.69, 9.17) is 4.74 Å². The van der Waals surface area contributed by atoms with E-state index in [-0.39, 0.29) is 12.0 Å². The van der Waals surface area contributed by atoms with Crippen molar-refractivity contribution in [1.29, 1.82) is 0 Å². The molecule has 0 bridgehead atoms. The minimum absolute atomic E-state index is 0.00707. The maximum Gasteiger partial charge on any atom is 0.224 e. The zero-order valence-electron chi connectivity index (χ0n) is 15.0. The van der Waals surface area contributed by atoms with Gasteiger partial charge in [-0.2, -0.15) is 0 Å². The Balaban J connectivity index is 1.56. The molecule has 2 aliphatic rings. The number of carbonyl (C=O) groups excluding carboxylic acids is 1. The van der Waals surface area contributed by atoms with Gasteiger partial charge in [-0.1, -0.05) is 0 Å². The van der Waals surface area contributed by atoms with E-state index in [1.54, 1.807) is 19.0 Å². The summed E-state index contributed by atoms with van der Waals surface area (Å²) in [4.78, 5) is 24.9. The van der Waals surface area contributed by atoms with Gasteiger partial charge in [0.15, 0.2) is 0 Å². The zero-order chi connectivity index (χ0) is 17.3. The predicted octanol–water partition coefficient (Wildman–Crippen LogP) is 0.825. The lowest BCUT2D eigenvalue weighted by molar-refractivity contribution is -0.134. The van der Waals surface area contributed by atoms with E-state index >= 15 is 0 Å². The van der Waals surface area contributed by atoms with Crippen molar-refractivity contribution in [1.82, 2.24) is 19.8 Å². The van der Waals surface area contributed by atoms with Crippen LogP contribution in [0.25, 0.3) is 0 Å². The van der Waals surface area contributed by atoms with E-state index in [0.717, 1.165) is 30.9 Å². The predicted molar refractivity (Wildman–Crippen MR) is 91.9 cm³/mol. The molecule has 132 valence electrons. The van der Waals surface area contributed by atoms with Gasteiger partial charge < -0.3 is 15.0 Å². The lowest BCUT2D eigenvalue weighted by Gasteiger charge is -2.35.